The van der Waals surface area contributed by atoms with Gasteiger partial charge in [0.2, 0.25) is 0 Å². The second-order valence-electron chi connectivity index (χ2n) is 3.13. The normalized spacial score (nSPS) is 12.7. The smallest absolute Gasteiger partial charge is 0.332 e. The molecule has 3 nitrogen and oxygen atoms in total. The Labute approximate surface area is 89.5 Å². The zero-order chi connectivity index (χ0) is 11.1. The first-order valence-corrected chi connectivity index (χ1v) is 4.91. The number of nitrogens with two attached hydrogens (primary N) is 1. The minimum Gasteiger partial charge on any atom is -0.444 e. The summed E-state index contributed by atoms with van der Waals surface area (Å²) in [5.74, 6) is -0.409. The lowest BCUT2D eigenvalue weighted by Crippen LogP contribution is -2.25. The third-order valence-electron chi connectivity index (χ3n) is 1.88. The van der Waals surface area contributed by atoms with Gasteiger partial charge in [-0.05, 0) is 18.1 Å². The first kappa shape index (κ1) is 11.5. The highest BCUT2D eigenvalue weighted by Crippen LogP contribution is 2.01. The van der Waals surface area contributed by atoms with Gasteiger partial charge in [-0.2, -0.15) is 0 Å². The summed E-state index contributed by atoms with van der Waals surface area (Å²) in [4.78, 5) is 11.2. The predicted molar refractivity (Wildman–Crippen MR) is 59.8 cm³/mol. The molecular weight excluding hydrogens is 190 g/mol. The topological polar surface area (TPSA) is 52.3 Å². The van der Waals surface area contributed by atoms with Crippen molar-refractivity contribution in [1.82, 2.24) is 0 Å². The average Bonchev–Trinajstić information content (AvgIpc) is 2.27. The molecule has 0 radical (unpaired) electrons. The van der Waals surface area contributed by atoms with Crippen LogP contribution >= 0.6 is 0 Å². The third-order valence-corrected chi connectivity index (χ3v) is 1.88. The first-order valence-electron chi connectivity index (χ1n) is 4.91. The zero-order valence-electron chi connectivity index (χ0n) is 8.72. The van der Waals surface area contributed by atoms with E-state index >= 15 is 0 Å². The Kier molecular flexibility index (Phi) is 4.57. The molecule has 0 fully saturated rings. The molecule has 3 heteroatoms. The third kappa shape index (κ3) is 4.42. The zero-order valence-corrected chi connectivity index (χ0v) is 8.72. The van der Waals surface area contributed by atoms with E-state index in [9.17, 15) is 4.79 Å². The summed E-state index contributed by atoms with van der Waals surface area (Å²) in [5, 5.41) is 0. The van der Waals surface area contributed by atoms with Crippen LogP contribution in [0.5, 0.6) is 0 Å². The fourth-order valence-electron chi connectivity index (χ4n) is 1.00. The van der Waals surface area contributed by atoms with Crippen molar-refractivity contribution in [2.45, 2.75) is 19.6 Å². The lowest BCUT2D eigenvalue weighted by atomic mass is 10.2. The fraction of sp³-hybridized carbons (Fsp3) is 0.250. The average molecular weight is 205 g/mol. The largest absolute Gasteiger partial charge is 0.444 e. The number of hydrogen-bond donors (Lipinski definition) is 1. The van der Waals surface area contributed by atoms with Crippen LogP contribution in [0.25, 0.3) is 6.08 Å². The van der Waals surface area contributed by atoms with Crippen LogP contribution < -0.4 is 5.73 Å². The highest BCUT2D eigenvalue weighted by atomic mass is 16.6. The fourth-order valence-corrected chi connectivity index (χ4v) is 1.00. The van der Waals surface area contributed by atoms with E-state index in [1.54, 1.807) is 6.08 Å². The van der Waals surface area contributed by atoms with Gasteiger partial charge in [-0.3, -0.25) is 5.73 Å². The molecule has 1 atom stereocenters. The van der Waals surface area contributed by atoms with E-state index in [1.165, 1.54) is 6.08 Å². The van der Waals surface area contributed by atoms with Gasteiger partial charge in [0.05, 0.1) is 0 Å². The van der Waals surface area contributed by atoms with Crippen LogP contribution in [-0.4, -0.2) is 12.2 Å². The summed E-state index contributed by atoms with van der Waals surface area (Å²) < 4.78 is 4.87. The molecule has 0 spiro atoms. The van der Waals surface area contributed by atoms with E-state index in [1.807, 2.05) is 37.3 Å². The predicted octanol–water partition coefficient (Wildman–Crippen LogP) is 1.94. The minimum absolute atomic E-state index is 0.409. The standard InChI is InChI=1S/C12H15NO2/c1-2-11(13)15-12(14)9-8-10-6-4-3-5-7-10/h3-9,11H,2,13H2,1H3/b9-8+. The quantitative estimate of drug-likeness (QED) is 0.464. The number of rotatable bonds is 4. The number of benzene rings is 1. The minimum atomic E-state index is -0.516. The van der Waals surface area contributed by atoms with Gasteiger partial charge in [-0.1, -0.05) is 37.3 Å². The van der Waals surface area contributed by atoms with Gasteiger partial charge < -0.3 is 4.74 Å². The number of ether oxygens (including phenoxy) is 1. The molecule has 0 amide bonds. The van der Waals surface area contributed by atoms with Crippen LogP contribution in [0, 0.1) is 0 Å². The Balaban J connectivity index is 2.48. The summed E-state index contributed by atoms with van der Waals surface area (Å²) in [6.07, 6.45) is 3.18. The van der Waals surface area contributed by atoms with Gasteiger partial charge in [0, 0.05) is 6.08 Å². The molecule has 0 bridgehead atoms. The van der Waals surface area contributed by atoms with Crippen LogP contribution in [0.4, 0.5) is 0 Å². The van der Waals surface area contributed by atoms with E-state index in [0.29, 0.717) is 6.42 Å². The maximum Gasteiger partial charge on any atom is 0.332 e. The van der Waals surface area contributed by atoms with Crippen LogP contribution in [-0.2, 0) is 9.53 Å². The molecule has 0 saturated carbocycles. The molecular formula is C12H15NO2. The van der Waals surface area contributed by atoms with E-state index < -0.39 is 12.2 Å². The molecule has 1 rings (SSSR count). The SMILES string of the molecule is CCC(N)OC(=O)/C=C/c1ccccc1. The Bertz CT molecular complexity index is 333. The maximum atomic E-state index is 11.2. The van der Waals surface area contributed by atoms with E-state index in [0.717, 1.165) is 5.56 Å². The van der Waals surface area contributed by atoms with E-state index in [4.69, 9.17) is 10.5 Å². The molecule has 0 aliphatic carbocycles. The summed E-state index contributed by atoms with van der Waals surface area (Å²) >= 11 is 0. The van der Waals surface area contributed by atoms with Crippen molar-refractivity contribution in [1.29, 1.82) is 0 Å². The number of hydrogen-bond acceptors (Lipinski definition) is 3. The molecule has 1 unspecified atom stereocenters. The number of esters is 1. The van der Waals surface area contributed by atoms with Crippen molar-refractivity contribution in [2.75, 3.05) is 0 Å². The van der Waals surface area contributed by atoms with Crippen molar-refractivity contribution in [3.05, 3.63) is 42.0 Å². The molecule has 80 valence electrons. The van der Waals surface area contributed by atoms with Gasteiger partial charge in [-0.25, -0.2) is 4.79 Å². The molecule has 15 heavy (non-hydrogen) atoms. The van der Waals surface area contributed by atoms with Gasteiger partial charge in [-0.15, -0.1) is 0 Å². The van der Waals surface area contributed by atoms with E-state index in [-0.39, 0.29) is 0 Å². The van der Waals surface area contributed by atoms with Crippen molar-refractivity contribution in [2.24, 2.45) is 5.73 Å². The summed E-state index contributed by atoms with van der Waals surface area (Å²) in [5.41, 5.74) is 6.42. The van der Waals surface area contributed by atoms with Gasteiger partial charge >= 0.3 is 5.97 Å². The first-order chi connectivity index (χ1) is 7.22. The highest BCUT2D eigenvalue weighted by Gasteiger charge is 2.03. The monoisotopic (exact) mass is 205 g/mol. The molecule has 1 aromatic rings. The molecule has 0 saturated heterocycles. The molecule has 0 aliphatic heterocycles. The maximum absolute atomic E-state index is 11.2. The molecule has 0 heterocycles. The van der Waals surface area contributed by atoms with Crippen molar-refractivity contribution in [3.63, 3.8) is 0 Å². The summed E-state index contributed by atoms with van der Waals surface area (Å²) in [7, 11) is 0. The Morgan fingerprint density at radius 1 is 1.47 bits per heavy atom. The Morgan fingerprint density at radius 2 is 2.13 bits per heavy atom. The second-order valence-corrected chi connectivity index (χ2v) is 3.13. The van der Waals surface area contributed by atoms with Crippen molar-refractivity contribution < 1.29 is 9.53 Å². The van der Waals surface area contributed by atoms with Crippen LogP contribution in [0.2, 0.25) is 0 Å². The van der Waals surface area contributed by atoms with Crippen LogP contribution in [0.3, 0.4) is 0 Å². The lowest BCUT2D eigenvalue weighted by molar-refractivity contribution is -0.142. The van der Waals surface area contributed by atoms with Crippen molar-refractivity contribution >= 4 is 12.0 Å². The molecule has 0 aliphatic rings. The van der Waals surface area contributed by atoms with Crippen LogP contribution in [0.15, 0.2) is 36.4 Å². The molecule has 1 aromatic carbocycles. The van der Waals surface area contributed by atoms with Gasteiger partial charge in [0.15, 0.2) is 6.23 Å². The van der Waals surface area contributed by atoms with Crippen molar-refractivity contribution in [3.8, 4) is 0 Å². The number of carbonyl (C=O) groups is 1. The van der Waals surface area contributed by atoms with Gasteiger partial charge in [0.1, 0.15) is 0 Å². The highest BCUT2D eigenvalue weighted by molar-refractivity contribution is 5.87. The summed E-state index contributed by atoms with van der Waals surface area (Å²) in [6, 6.07) is 9.54. The summed E-state index contributed by atoms with van der Waals surface area (Å²) in [6.45, 7) is 1.86. The Hall–Kier alpha value is -1.61. The lowest BCUT2D eigenvalue weighted by Gasteiger charge is -2.07. The second kappa shape index (κ2) is 5.98. The van der Waals surface area contributed by atoms with E-state index in [2.05, 4.69) is 0 Å². The molecule has 2 N–H and O–H groups in total. The van der Waals surface area contributed by atoms with Gasteiger partial charge in [0.25, 0.3) is 0 Å². The number of carbonyl (C=O) groups excluding carboxylic acids is 1. The molecule has 0 aromatic heterocycles. The Morgan fingerprint density at radius 3 is 2.73 bits per heavy atom. The van der Waals surface area contributed by atoms with Crippen LogP contribution in [0.1, 0.15) is 18.9 Å².